The van der Waals surface area contributed by atoms with Gasteiger partial charge in [0.1, 0.15) is 11.9 Å². The molecule has 3 aromatic rings. The zero-order valence-corrected chi connectivity index (χ0v) is 13.7. The van der Waals surface area contributed by atoms with Crippen molar-refractivity contribution < 1.29 is 9.18 Å². The number of amides is 1. The van der Waals surface area contributed by atoms with E-state index in [1.54, 1.807) is 25.1 Å². The van der Waals surface area contributed by atoms with E-state index in [0.29, 0.717) is 5.56 Å². The Hall–Kier alpha value is -3.21. The second-order valence-electron chi connectivity index (χ2n) is 5.68. The highest BCUT2D eigenvalue weighted by molar-refractivity contribution is 5.89. The molecule has 0 fully saturated rings. The Kier molecular flexibility index (Phi) is 5.04. The lowest BCUT2D eigenvalue weighted by molar-refractivity contribution is -0.121. The van der Waals surface area contributed by atoms with E-state index in [1.165, 1.54) is 12.3 Å². The van der Waals surface area contributed by atoms with Gasteiger partial charge in [-0.15, -0.1) is 0 Å². The highest BCUT2D eigenvalue weighted by Crippen LogP contribution is 2.19. The van der Waals surface area contributed by atoms with E-state index in [1.807, 2.05) is 42.5 Å². The van der Waals surface area contributed by atoms with Crippen molar-refractivity contribution >= 4 is 28.6 Å². The Bertz CT molecular complexity index is 923. The normalized spacial score (nSPS) is 12.2. The van der Waals surface area contributed by atoms with Gasteiger partial charge in [0.25, 0.3) is 5.91 Å². The SMILES string of the molecule is CC(Nc1ccc2ccccc2c1)C(=O)NN=Cc1ccccc1F. The molecule has 5 heteroatoms. The van der Waals surface area contributed by atoms with Crippen molar-refractivity contribution in [2.75, 3.05) is 5.32 Å². The van der Waals surface area contributed by atoms with Gasteiger partial charge in [-0.05, 0) is 35.9 Å². The molecule has 1 amide bonds. The van der Waals surface area contributed by atoms with Crippen molar-refractivity contribution in [2.24, 2.45) is 5.10 Å². The molecule has 0 spiro atoms. The molecule has 0 heterocycles. The van der Waals surface area contributed by atoms with E-state index < -0.39 is 6.04 Å². The summed E-state index contributed by atoms with van der Waals surface area (Å²) in [5, 5.41) is 9.18. The van der Waals surface area contributed by atoms with E-state index in [-0.39, 0.29) is 11.7 Å². The lowest BCUT2D eigenvalue weighted by Gasteiger charge is -2.14. The molecule has 3 aromatic carbocycles. The molecule has 0 radical (unpaired) electrons. The first-order valence-corrected chi connectivity index (χ1v) is 7.96. The van der Waals surface area contributed by atoms with Crippen LogP contribution >= 0.6 is 0 Å². The highest BCUT2D eigenvalue weighted by atomic mass is 19.1. The first-order chi connectivity index (χ1) is 12.1. The largest absolute Gasteiger partial charge is 0.374 e. The first kappa shape index (κ1) is 16.6. The standard InChI is InChI=1S/C20H18FN3O/c1-14(20(25)24-22-13-17-8-4-5-9-19(17)21)23-18-11-10-15-6-2-3-7-16(15)12-18/h2-14,23H,1H3,(H,24,25). The number of halogens is 1. The lowest BCUT2D eigenvalue weighted by atomic mass is 10.1. The van der Waals surface area contributed by atoms with Crippen molar-refractivity contribution in [3.8, 4) is 0 Å². The van der Waals surface area contributed by atoms with Crippen molar-refractivity contribution in [1.82, 2.24) is 5.43 Å². The van der Waals surface area contributed by atoms with Gasteiger partial charge in [0.2, 0.25) is 0 Å². The van der Waals surface area contributed by atoms with E-state index in [0.717, 1.165) is 16.5 Å². The number of hydrazone groups is 1. The van der Waals surface area contributed by atoms with E-state index >= 15 is 0 Å². The lowest BCUT2D eigenvalue weighted by Crippen LogP contribution is -2.34. The summed E-state index contributed by atoms with van der Waals surface area (Å²) in [4.78, 5) is 12.1. The molecular weight excluding hydrogens is 317 g/mol. The van der Waals surface area contributed by atoms with Gasteiger partial charge in [0.05, 0.1) is 6.21 Å². The number of rotatable bonds is 5. The summed E-state index contributed by atoms with van der Waals surface area (Å²) in [6, 6.07) is 19.7. The number of carbonyl (C=O) groups excluding carboxylic acids is 1. The maximum Gasteiger partial charge on any atom is 0.262 e. The molecule has 0 aromatic heterocycles. The molecule has 3 rings (SSSR count). The monoisotopic (exact) mass is 335 g/mol. The first-order valence-electron chi connectivity index (χ1n) is 7.96. The van der Waals surface area contributed by atoms with Crippen LogP contribution in [0.5, 0.6) is 0 Å². The third-order valence-corrected chi connectivity index (χ3v) is 3.81. The van der Waals surface area contributed by atoms with E-state index in [9.17, 15) is 9.18 Å². The van der Waals surface area contributed by atoms with Gasteiger partial charge in [-0.25, -0.2) is 9.82 Å². The number of fused-ring (bicyclic) bond motifs is 1. The summed E-state index contributed by atoms with van der Waals surface area (Å²) in [5.41, 5.74) is 3.58. The topological polar surface area (TPSA) is 53.5 Å². The van der Waals surface area contributed by atoms with E-state index in [2.05, 4.69) is 15.8 Å². The number of carbonyl (C=O) groups is 1. The predicted octanol–water partition coefficient (Wildman–Crippen LogP) is 3.93. The summed E-state index contributed by atoms with van der Waals surface area (Å²) in [6.45, 7) is 1.74. The molecule has 1 unspecified atom stereocenters. The van der Waals surface area contributed by atoms with Crippen LogP contribution in [0.3, 0.4) is 0 Å². The molecule has 4 nitrogen and oxygen atoms in total. The van der Waals surface area contributed by atoms with Crippen molar-refractivity contribution in [2.45, 2.75) is 13.0 Å². The Morgan fingerprint density at radius 1 is 1.04 bits per heavy atom. The molecule has 0 aliphatic carbocycles. The Morgan fingerprint density at radius 3 is 2.56 bits per heavy atom. The molecule has 1 atom stereocenters. The van der Waals surface area contributed by atoms with E-state index in [4.69, 9.17) is 0 Å². The molecule has 0 aliphatic rings. The van der Waals surface area contributed by atoms with Crippen LogP contribution in [0.4, 0.5) is 10.1 Å². The fraction of sp³-hybridized carbons (Fsp3) is 0.100. The molecule has 126 valence electrons. The molecule has 0 saturated heterocycles. The smallest absolute Gasteiger partial charge is 0.262 e. The second-order valence-corrected chi connectivity index (χ2v) is 5.68. The molecule has 25 heavy (non-hydrogen) atoms. The zero-order valence-electron chi connectivity index (χ0n) is 13.7. The summed E-state index contributed by atoms with van der Waals surface area (Å²) in [6.07, 6.45) is 1.29. The van der Waals surface area contributed by atoms with Crippen LogP contribution in [0, 0.1) is 5.82 Å². The molecule has 0 aliphatic heterocycles. The molecule has 2 N–H and O–H groups in total. The van der Waals surface area contributed by atoms with Crippen LogP contribution in [0.2, 0.25) is 0 Å². The number of nitrogens with zero attached hydrogens (tertiary/aromatic N) is 1. The number of hydrogen-bond donors (Lipinski definition) is 2. The quantitative estimate of drug-likeness (QED) is 0.548. The number of nitrogens with one attached hydrogen (secondary N) is 2. The fourth-order valence-corrected chi connectivity index (χ4v) is 2.44. The summed E-state index contributed by atoms with van der Waals surface area (Å²) < 4.78 is 13.5. The molecule has 0 bridgehead atoms. The van der Waals surface area contributed by atoms with Crippen LogP contribution in [-0.2, 0) is 4.79 Å². The molecular formula is C20H18FN3O. The van der Waals surface area contributed by atoms with Crippen LogP contribution in [-0.4, -0.2) is 18.2 Å². The molecule has 0 saturated carbocycles. The van der Waals surface area contributed by atoms with Gasteiger partial charge in [-0.2, -0.15) is 5.10 Å². The van der Waals surface area contributed by atoms with Gasteiger partial charge < -0.3 is 5.32 Å². The summed E-state index contributed by atoms with van der Waals surface area (Å²) in [5.74, 6) is -0.691. The maximum absolute atomic E-state index is 13.5. The minimum atomic E-state index is -0.487. The van der Waals surface area contributed by atoms with Gasteiger partial charge in [-0.3, -0.25) is 4.79 Å². The summed E-state index contributed by atoms with van der Waals surface area (Å²) in [7, 11) is 0. The summed E-state index contributed by atoms with van der Waals surface area (Å²) >= 11 is 0. The minimum absolute atomic E-state index is 0.305. The van der Waals surface area contributed by atoms with Crippen LogP contribution in [0.25, 0.3) is 10.8 Å². The van der Waals surface area contributed by atoms with Crippen LogP contribution in [0.15, 0.2) is 71.8 Å². The third kappa shape index (κ3) is 4.20. The Morgan fingerprint density at radius 2 is 1.76 bits per heavy atom. The average molecular weight is 335 g/mol. The highest BCUT2D eigenvalue weighted by Gasteiger charge is 2.11. The number of benzene rings is 3. The number of anilines is 1. The second kappa shape index (κ2) is 7.57. The number of hydrogen-bond acceptors (Lipinski definition) is 3. The maximum atomic E-state index is 13.5. The minimum Gasteiger partial charge on any atom is -0.374 e. The van der Waals surface area contributed by atoms with Gasteiger partial charge in [0, 0.05) is 11.3 Å². The zero-order chi connectivity index (χ0) is 17.6. The Labute approximate surface area is 145 Å². The van der Waals surface area contributed by atoms with Crippen molar-refractivity contribution in [3.63, 3.8) is 0 Å². The van der Waals surface area contributed by atoms with Crippen LogP contribution in [0.1, 0.15) is 12.5 Å². The average Bonchev–Trinajstić information content (AvgIpc) is 2.63. The fourth-order valence-electron chi connectivity index (χ4n) is 2.44. The predicted molar refractivity (Wildman–Crippen MR) is 99.2 cm³/mol. The van der Waals surface area contributed by atoms with Gasteiger partial charge in [-0.1, -0.05) is 48.5 Å². The van der Waals surface area contributed by atoms with Crippen molar-refractivity contribution in [1.29, 1.82) is 0 Å². The van der Waals surface area contributed by atoms with Crippen LogP contribution < -0.4 is 10.7 Å². The third-order valence-electron chi connectivity index (χ3n) is 3.81. The van der Waals surface area contributed by atoms with Gasteiger partial charge >= 0.3 is 0 Å². The van der Waals surface area contributed by atoms with Crippen molar-refractivity contribution in [3.05, 3.63) is 78.1 Å². The Balaban J connectivity index is 1.61. The van der Waals surface area contributed by atoms with Gasteiger partial charge in [0.15, 0.2) is 0 Å².